The molecule has 0 radical (unpaired) electrons. The largest absolute Gasteiger partial charge is 0.466 e. The average Bonchev–Trinajstić information content (AvgIpc) is 3.23. The quantitative estimate of drug-likeness (QED) is 0.749. The molecule has 25 heavy (non-hydrogen) atoms. The number of nitrogens with one attached hydrogen (secondary N) is 1. The molecule has 3 rings (SSSR count). The second-order valence-corrected chi connectivity index (χ2v) is 6.28. The van der Waals surface area contributed by atoms with Crippen LogP contribution in [0.1, 0.15) is 34.4 Å². The Kier molecular flexibility index (Phi) is 4.46. The van der Waals surface area contributed by atoms with Gasteiger partial charge < -0.3 is 19.4 Å². The molecule has 3 aromatic rings. The molecule has 0 saturated carbocycles. The lowest BCUT2D eigenvalue weighted by molar-refractivity contribution is 0.0514. The Morgan fingerprint density at radius 2 is 2.04 bits per heavy atom. The Hall–Kier alpha value is -2.86. The van der Waals surface area contributed by atoms with Gasteiger partial charge in [-0.3, -0.25) is 4.79 Å². The van der Waals surface area contributed by atoms with Crippen molar-refractivity contribution in [3.8, 4) is 5.82 Å². The predicted octanol–water partition coefficient (Wildman–Crippen LogP) is 2.72. The Balaban J connectivity index is 1.67. The molecule has 0 spiro atoms. The molecule has 6 heteroatoms. The fourth-order valence-corrected chi connectivity index (χ4v) is 2.78. The van der Waals surface area contributed by atoms with Gasteiger partial charge in [-0.15, -0.1) is 0 Å². The number of carbonyl (C=O) groups is 1. The van der Waals surface area contributed by atoms with Gasteiger partial charge in [0, 0.05) is 24.2 Å². The van der Waals surface area contributed by atoms with Gasteiger partial charge in [0.25, 0.3) is 5.91 Å². The lowest BCUT2D eigenvalue weighted by atomic mass is 9.96. The van der Waals surface area contributed by atoms with E-state index in [0.717, 1.165) is 11.6 Å². The molecular formula is C19H21N3O3. The van der Waals surface area contributed by atoms with Gasteiger partial charge in [-0.05, 0) is 51.1 Å². The van der Waals surface area contributed by atoms with Crippen molar-refractivity contribution in [2.45, 2.75) is 26.4 Å². The number of pyridine rings is 1. The summed E-state index contributed by atoms with van der Waals surface area (Å²) >= 11 is 0. The zero-order valence-electron chi connectivity index (χ0n) is 14.5. The molecule has 0 aliphatic rings. The smallest absolute Gasteiger partial charge is 0.252 e. The SMILES string of the molecule is Cc1cc(C(C)(O)CNC(=O)c2ccc(-n3cccc3)nc2)c(C)o1. The van der Waals surface area contributed by atoms with Gasteiger partial charge in [0.15, 0.2) is 0 Å². The molecule has 3 heterocycles. The molecule has 0 fully saturated rings. The third-order valence-electron chi connectivity index (χ3n) is 4.09. The van der Waals surface area contributed by atoms with Gasteiger partial charge in [0.05, 0.1) is 12.1 Å². The third kappa shape index (κ3) is 3.64. The fraction of sp³-hybridized carbons (Fsp3) is 0.263. The minimum Gasteiger partial charge on any atom is -0.466 e. The molecule has 0 aromatic carbocycles. The molecule has 6 nitrogen and oxygen atoms in total. The summed E-state index contributed by atoms with van der Waals surface area (Å²) < 4.78 is 7.31. The van der Waals surface area contributed by atoms with E-state index in [1.54, 1.807) is 32.0 Å². The molecule has 2 N–H and O–H groups in total. The van der Waals surface area contributed by atoms with E-state index in [1.807, 2.05) is 36.0 Å². The van der Waals surface area contributed by atoms with E-state index < -0.39 is 5.60 Å². The normalized spacial score (nSPS) is 13.4. The van der Waals surface area contributed by atoms with Crippen LogP contribution in [-0.4, -0.2) is 27.1 Å². The zero-order chi connectivity index (χ0) is 18.0. The van der Waals surface area contributed by atoms with Gasteiger partial charge in [-0.1, -0.05) is 0 Å². The predicted molar refractivity (Wildman–Crippen MR) is 93.7 cm³/mol. The Morgan fingerprint density at radius 3 is 2.60 bits per heavy atom. The first-order valence-electron chi connectivity index (χ1n) is 8.04. The summed E-state index contributed by atoms with van der Waals surface area (Å²) in [7, 11) is 0. The van der Waals surface area contributed by atoms with E-state index >= 15 is 0 Å². The van der Waals surface area contributed by atoms with Crippen molar-refractivity contribution in [2.75, 3.05) is 6.54 Å². The number of hydrogen-bond acceptors (Lipinski definition) is 4. The standard InChI is InChI=1S/C19H21N3O3/c1-13-10-16(14(2)25-13)19(3,24)12-21-18(23)15-6-7-17(20-11-15)22-8-4-5-9-22/h4-11,24H,12H2,1-3H3,(H,21,23). The van der Waals surface area contributed by atoms with Crippen molar-refractivity contribution in [3.05, 3.63) is 71.6 Å². The fourth-order valence-electron chi connectivity index (χ4n) is 2.78. The van der Waals surface area contributed by atoms with E-state index in [-0.39, 0.29) is 12.5 Å². The Labute approximate surface area is 146 Å². The Bertz CT molecular complexity index is 862. The topological polar surface area (TPSA) is 80.3 Å². The number of furan rings is 1. The van der Waals surface area contributed by atoms with E-state index in [0.29, 0.717) is 16.9 Å². The van der Waals surface area contributed by atoms with E-state index in [1.165, 1.54) is 6.20 Å². The van der Waals surface area contributed by atoms with Crippen LogP contribution in [-0.2, 0) is 5.60 Å². The van der Waals surface area contributed by atoms with E-state index in [4.69, 9.17) is 4.42 Å². The van der Waals surface area contributed by atoms with Crippen molar-refractivity contribution >= 4 is 5.91 Å². The lowest BCUT2D eigenvalue weighted by Crippen LogP contribution is -2.38. The van der Waals surface area contributed by atoms with E-state index in [9.17, 15) is 9.90 Å². The summed E-state index contributed by atoms with van der Waals surface area (Å²) in [6, 6.07) is 9.08. The number of aliphatic hydroxyl groups is 1. The van der Waals surface area contributed by atoms with Crippen molar-refractivity contribution in [1.82, 2.24) is 14.9 Å². The number of carbonyl (C=O) groups excluding carboxylic acids is 1. The van der Waals surface area contributed by atoms with Gasteiger partial charge in [0.2, 0.25) is 0 Å². The van der Waals surface area contributed by atoms with Crippen LogP contribution in [0.4, 0.5) is 0 Å². The number of nitrogens with zero attached hydrogens (tertiary/aromatic N) is 2. The maximum absolute atomic E-state index is 12.3. The molecule has 0 saturated heterocycles. The van der Waals surface area contributed by atoms with E-state index in [2.05, 4.69) is 10.3 Å². The molecule has 130 valence electrons. The summed E-state index contributed by atoms with van der Waals surface area (Å²) in [4.78, 5) is 16.6. The molecule has 3 aromatic heterocycles. The molecule has 0 bridgehead atoms. The van der Waals surface area contributed by atoms with Gasteiger partial charge in [-0.2, -0.15) is 0 Å². The van der Waals surface area contributed by atoms with Crippen LogP contribution in [0.5, 0.6) is 0 Å². The zero-order valence-corrected chi connectivity index (χ0v) is 14.5. The number of rotatable bonds is 5. The second-order valence-electron chi connectivity index (χ2n) is 6.28. The summed E-state index contributed by atoms with van der Waals surface area (Å²) in [5.74, 6) is 1.82. The first-order valence-corrected chi connectivity index (χ1v) is 8.04. The lowest BCUT2D eigenvalue weighted by Gasteiger charge is -2.23. The third-order valence-corrected chi connectivity index (χ3v) is 4.09. The first kappa shape index (κ1) is 17.0. The molecule has 0 aliphatic heterocycles. The van der Waals surface area contributed by atoms with Crippen LogP contribution < -0.4 is 5.32 Å². The minimum absolute atomic E-state index is 0.0744. The molecule has 1 amide bonds. The van der Waals surface area contributed by atoms with Crippen molar-refractivity contribution < 1.29 is 14.3 Å². The summed E-state index contributed by atoms with van der Waals surface area (Å²) in [5.41, 5.74) is -0.103. The second kappa shape index (κ2) is 6.57. The Morgan fingerprint density at radius 1 is 1.32 bits per heavy atom. The summed E-state index contributed by atoms with van der Waals surface area (Å²) in [6.07, 6.45) is 5.29. The summed E-state index contributed by atoms with van der Waals surface area (Å²) in [6.45, 7) is 5.34. The summed E-state index contributed by atoms with van der Waals surface area (Å²) in [5, 5.41) is 13.4. The minimum atomic E-state index is -1.21. The number of amides is 1. The number of aromatic nitrogens is 2. The highest BCUT2D eigenvalue weighted by Crippen LogP contribution is 2.26. The van der Waals surface area contributed by atoms with Gasteiger partial charge in [0.1, 0.15) is 22.9 Å². The molecular weight excluding hydrogens is 318 g/mol. The molecule has 1 atom stereocenters. The highest BCUT2D eigenvalue weighted by Gasteiger charge is 2.28. The highest BCUT2D eigenvalue weighted by atomic mass is 16.3. The van der Waals surface area contributed by atoms with Gasteiger partial charge >= 0.3 is 0 Å². The maximum atomic E-state index is 12.3. The van der Waals surface area contributed by atoms with Crippen LogP contribution >= 0.6 is 0 Å². The maximum Gasteiger partial charge on any atom is 0.252 e. The van der Waals surface area contributed by atoms with Gasteiger partial charge in [-0.25, -0.2) is 4.98 Å². The average molecular weight is 339 g/mol. The van der Waals surface area contributed by atoms with Crippen molar-refractivity contribution in [3.63, 3.8) is 0 Å². The van der Waals surface area contributed by atoms with Crippen LogP contribution in [0, 0.1) is 13.8 Å². The number of aryl methyl sites for hydroxylation is 2. The van der Waals surface area contributed by atoms with Crippen LogP contribution in [0.3, 0.4) is 0 Å². The van der Waals surface area contributed by atoms with Crippen LogP contribution in [0.25, 0.3) is 5.82 Å². The van der Waals surface area contributed by atoms with Crippen molar-refractivity contribution in [2.24, 2.45) is 0 Å². The molecule has 0 aliphatic carbocycles. The molecule has 1 unspecified atom stereocenters. The highest BCUT2D eigenvalue weighted by molar-refractivity contribution is 5.94. The van der Waals surface area contributed by atoms with Crippen molar-refractivity contribution in [1.29, 1.82) is 0 Å². The first-order chi connectivity index (χ1) is 11.9. The monoisotopic (exact) mass is 339 g/mol. The number of hydrogen-bond donors (Lipinski definition) is 2. The van der Waals surface area contributed by atoms with Crippen LogP contribution in [0.2, 0.25) is 0 Å². The van der Waals surface area contributed by atoms with Crippen LogP contribution in [0.15, 0.2) is 53.3 Å².